The Morgan fingerprint density at radius 2 is 1.76 bits per heavy atom. The fourth-order valence-electron chi connectivity index (χ4n) is 11.7. The quantitative estimate of drug-likeness (QED) is 0.0977. The molecule has 6 rings (SSSR count). The van der Waals surface area contributed by atoms with Gasteiger partial charge < -0.3 is 10.8 Å². The fraction of sp³-hybridized carbons (Fsp3) is 0.667. The maximum Gasteiger partial charge on any atom is 0.309 e. The van der Waals surface area contributed by atoms with E-state index in [-0.39, 0.29) is 10.8 Å². The van der Waals surface area contributed by atoms with Gasteiger partial charge in [-0.1, -0.05) is 64.5 Å². The molecule has 8 unspecified atom stereocenters. The zero-order chi connectivity index (χ0) is 30.5. The molecule has 230 valence electrons. The first kappa shape index (κ1) is 30.8. The minimum Gasteiger partial charge on any atom is -0.481 e. The molecule has 0 bridgehead atoms. The van der Waals surface area contributed by atoms with E-state index in [1.165, 1.54) is 36.8 Å². The van der Waals surface area contributed by atoms with Crippen LogP contribution in [0.5, 0.6) is 0 Å². The number of nitrogens with one attached hydrogen (secondary N) is 1. The smallest absolute Gasteiger partial charge is 0.309 e. The van der Waals surface area contributed by atoms with Crippen molar-refractivity contribution in [2.24, 2.45) is 67.9 Å². The number of amidine groups is 1. The third-order valence-electron chi connectivity index (χ3n) is 13.2. The lowest BCUT2D eigenvalue weighted by atomic mass is 9.36. The van der Waals surface area contributed by atoms with Crippen molar-refractivity contribution in [2.75, 3.05) is 0 Å². The van der Waals surface area contributed by atoms with Gasteiger partial charge in [-0.05, 0) is 128 Å². The number of carboxylic acids is 1. The molecular weight excluding hydrogens is 520 g/mol. The van der Waals surface area contributed by atoms with Gasteiger partial charge in [0.2, 0.25) is 0 Å². The Morgan fingerprint density at radius 3 is 2.45 bits per heavy atom. The van der Waals surface area contributed by atoms with Crippen LogP contribution in [0.2, 0.25) is 0 Å². The van der Waals surface area contributed by atoms with Crippen LogP contribution in [0.1, 0.15) is 110 Å². The number of benzene rings is 1. The van der Waals surface area contributed by atoms with Crippen LogP contribution >= 0.6 is 0 Å². The molecule has 6 N–H and O–H groups in total. The summed E-state index contributed by atoms with van der Waals surface area (Å²) < 4.78 is 0. The Morgan fingerprint density at radius 1 is 1.02 bits per heavy atom. The summed E-state index contributed by atoms with van der Waals surface area (Å²) in [5.41, 5.74) is 12.2. The van der Waals surface area contributed by atoms with Crippen LogP contribution in [0, 0.1) is 51.2 Å². The van der Waals surface area contributed by atoms with Crippen molar-refractivity contribution in [2.45, 2.75) is 98.8 Å². The highest BCUT2D eigenvalue weighted by molar-refractivity contribution is 5.98. The summed E-state index contributed by atoms with van der Waals surface area (Å²) in [6.07, 6.45) is 15.5. The van der Waals surface area contributed by atoms with E-state index in [1.54, 1.807) is 6.08 Å². The number of nitrogens with two attached hydrogens (primary N) is 2. The average Bonchev–Trinajstić information content (AvgIpc) is 3.39. The van der Waals surface area contributed by atoms with E-state index in [9.17, 15) is 9.90 Å². The summed E-state index contributed by atoms with van der Waals surface area (Å²) in [5.74, 6) is 8.22. The second-order valence-corrected chi connectivity index (χ2v) is 15.2. The molecule has 5 aliphatic carbocycles. The van der Waals surface area contributed by atoms with Gasteiger partial charge in [0, 0.05) is 5.56 Å². The van der Waals surface area contributed by atoms with Crippen LogP contribution in [0.25, 0.3) is 5.57 Å². The molecule has 42 heavy (non-hydrogen) atoms. The topological polar surface area (TPSA) is 114 Å². The van der Waals surface area contributed by atoms with Gasteiger partial charge in [-0.3, -0.25) is 4.79 Å². The molecule has 8 atom stereocenters. The number of hydrogen-bond donors (Lipinski definition) is 4. The van der Waals surface area contributed by atoms with E-state index >= 15 is 0 Å². The lowest BCUT2D eigenvalue weighted by Crippen LogP contribution is -2.61. The number of rotatable bonds is 4. The van der Waals surface area contributed by atoms with Gasteiger partial charge >= 0.3 is 5.97 Å². The van der Waals surface area contributed by atoms with Gasteiger partial charge in [0.15, 0.2) is 5.84 Å². The molecule has 0 heterocycles. The van der Waals surface area contributed by atoms with E-state index < -0.39 is 11.4 Å². The number of hydrogen-bond acceptors (Lipinski definition) is 4. The van der Waals surface area contributed by atoms with Crippen molar-refractivity contribution >= 4 is 17.4 Å². The van der Waals surface area contributed by atoms with E-state index in [1.807, 2.05) is 13.0 Å². The van der Waals surface area contributed by atoms with Crippen molar-refractivity contribution in [1.82, 2.24) is 5.53 Å². The first-order chi connectivity index (χ1) is 19.9. The van der Waals surface area contributed by atoms with Crippen LogP contribution in [-0.4, -0.2) is 16.9 Å². The summed E-state index contributed by atoms with van der Waals surface area (Å²) in [6.45, 7) is 15.4. The van der Waals surface area contributed by atoms with E-state index in [2.05, 4.69) is 69.2 Å². The Kier molecular flexibility index (Phi) is 8.19. The normalized spacial score (nSPS) is 40.1. The lowest BCUT2D eigenvalue weighted by Gasteiger charge is -2.68. The molecule has 4 saturated carbocycles. The minimum absolute atomic E-state index is 0.0400. The maximum atomic E-state index is 12.5. The van der Waals surface area contributed by atoms with E-state index in [0.717, 1.165) is 44.1 Å². The monoisotopic (exact) mass is 574 g/mol. The minimum atomic E-state index is -0.505. The molecule has 0 radical (unpaired) electrons. The zero-order valence-electron chi connectivity index (χ0n) is 26.6. The first-order valence-electron chi connectivity index (χ1n) is 16.3. The van der Waals surface area contributed by atoms with Gasteiger partial charge in [-0.15, -0.1) is 11.7 Å². The number of carbonyl (C=O) groups is 1. The van der Waals surface area contributed by atoms with E-state index in [0.29, 0.717) is 40.8 Å². The summed E-state index contributed by atoms with van der Waals surface area (Å²) >= 11 is 0. The Hall–Kier alpha value is -2.60. The predicted molar refractivity (Wildman–Crippen MR) is 172 cm³/mol. The largest absolute Gasteiger partial charge is 0.481 e. The number of hydrazone groups is 1. The number of fused-ring (bicyclic) bond motifs is 7. The summed E-state index contributed by atoms with van der Waals surface area (Å²) in [4.78, 5) is 12.5. The van der Waals surface area contributed by atoms with Crippen LogP contribution in [0.3, 0.4) is 0 Å². The number of carboxylic acid groups (broad SMARTS) is 1. The molecule has 6 heteroatoms. The molecule has 0 spiro atoms. The van der Waals surface area contributed by atoms with E-state index in [4.69, 9.17) is 11.6 Å². The second kappa shape index (κ2) is 11.2. The molecule has 4 fully saturated rings. The molecule has 5 aliphatic rings. The Bertz CT molecular complexity index is 1270. The highest BCUT2D eigenvalue weighted by Crippen LogP contribution is 2.73. The van der Waals surface area contributed by atoms with Crippen LogP contribution < -0.4 is 17.1 Å². The lowest BCUT2D eigenvalue weighted by molar-refractivity contribution is -0.187. The highest BCUT2D eigenvalue weighted by atomic mass is 16.4. The fourth-order valence-corrected chi connectivity index (χ4v) is 11.7. The Balaban J connectivity index is 0.00000113. The standard InChI is InChI=1S/C33H48N4O2.C3H6/c1-30(2)23(20-7-5-8-21(19-20)28(34)36-37-35)12-16-32(4)26(30)14-17-31(3)24-13-18-33(29(38)39)15-6-9-25(33)22(24)10-11-27(31)32;1-3-2/h5,7-8,12,19,22,24-27,37H,6,9-11,13-18,35H2,1-4H3,(H2,34,36)(H,38,39);3H,1H2,2H3. The summed E-state index contributed by atoms with van der Waals surface area (Å²) in [7, 11) is 0. The summed E-state index contributed by atoms with van der Waals surface area (Å²) in [6, 6.07) is 8.41. The molecule has 1 aromatic carbocycles. The van der Waals surface area contributed by atoms with Crippen LogP contribution in [0.15, 0.2) is 48.1 Å². The molecule has 1 aromatic rings. The molecular formula is C36H54N4O2. The van der Waals surface area contributed by atoms with Crippen LogP contribution in [0.4, 0.5) is 0 Å². The van der Waals surface area contributed by atoms with Crippen LogP contribution in [-0.2, 0) is 4.79 Å². The molecule has 0 saturated heterocycles. The number of aliphatic carboxylic acids is 1. The van der Waals surface area contributed by atoms with Crippen molar-refractivity contribution in [3.8, 4) is 0 Å². The number of nitrogens with zero attached hydrogens (tertiary/aromatic N) is 1. The second-order valence-electron chi connectivity index (χ2n) is 15.2. The molecule has 0 aliphatic heterocycles. The third kappa shape index (κ3) is 4.55. The average molecular weight is 575 g/mol. The molecule has 6 nitrogen and oxygen atoms in total. The SMILES string of the molecule is C=CC.CC1(C)C(c2cccc(/C(N)=N/NN)c2)=CCC2(C)C1CCC1(C)C3CCC4(C(=O)O)CCCC4C3CCC12. The predicted octanol–water partition coefficient (Wildman–Crippen LogP) is 7.51. The van der Waals surface area contributed by atoms with Crippen molar-refractivity contribution in [1.29, 1.82) is 0 Å². The highest BCUT2D eigenvalue weighted by Gasteiger charge is 2.66. The van der Waals surface area contributed by atoms with Crippen molar-refractivity contribution < 1.29 is 9.90 Å². The van der Waals surface area contributed by atoms with Crippen molar-refractivity contribution in [3.63, 3.8) is 0 Å². The molecule has 0 aromatic heterocycles. The zero-order valence-corrected chi connectivity index (χ0v) is 26.6. The van der Waals surface area contributed by atoms with Gasteiger partial charge in [0.05, 0.1) is 5.41 Å². The van der Waals surface area contributed by atoms with Gasteiger partial charge in [0.1, 0.15) is 0 Å². The van der Waals surface area contributed by atoms with Gasteiger partial charge in [-0.25, -0.2) is 11.4 Å². The number of allylic oxidation sites excluding steroid dienone is 3. The molecule has 0 amide bonds. The maximum absolute atomic E-state index is 12.5. The van der Waals surface area contributed by atoms with Gasteiger partial charge in [-0.2, -0.15) is 0 Å². The Labute approximate surface area is 253 Å². The third-order valence-corrected chi connectivity index (χ3v) is 13.2. The summed E-state index contributed by atoms with van der Waals surface area (Å²) in [5, 5.41) is 14.3. The van der Waals surface area contributed by atoms with Crippen molar-refractivity contribution in [3.05, 3.63) is 54.1 Å². The van der Waals surface area contributed by atoms with Gasteiger partial charge in [0.25, 0.3) is 0 Å². The first-order valence-corrected chi connectivity index (χ1v) is 16.3. The number of hydrazine groups is 1.